The lowest BCUT2D eigenvalue weighted by molar-refractivity contribution is -0.0455. The molecule has 108 valence electrons. The summed E-state index contributed by atoms with van der Waals surface area (Å²) in [6, 6.07) is 4.81. The van der Waals surface area contributed by atoms with Crippen LogP contribution in [0.1, 0.15) is 32.3 Å². The minimum Gasteiger partial charge on any atom is -0.377 e. The van der Waals surface area contributed by atoms with Crippen LogP contribution in [0.2, 0.25) is 5.02 Å². The third-order valence-electron chi connectivity index (χ3n) is 4.06. The molecule has 0 saturated carbocycles. The Bertz CT molecular complexity index is 379. The fraction of sp³-hybridized carbons (Fsp3) is 0.600. The van der Waals surface area contributed by atoms with Crippen molar-refractivity contribution >= 4 is 11.6 Å². The van der Waals surface area contributed by atoms with E-state index in [1.54, 1.807) is 19.2 Å². The average Bonchev–Trinajstić information content (AvgIpc) is 2.43. The molecule has 0 aliphatic carbocycles. The number of hydrogen-bond acceptors (Lipinski definition) is 2. The first-order chi connectivity index (χ1) is 9.04. The van der Waals surface area contributed by atoms with Crippen molar-refractivity contribution in [2.45, 2.75) is 44.8 Å². The smallest absolute Gasteiger partial charge is 0.127 e. The first-order valence-corrected chi connectivity index (χ1v) is 7.07. The normalized spacial score (nSPS) is 13.6. The molecule has 0 bridgehead atoms. The second kappa shape index (κ2) is 7.22. The van der Waals surface area contributed by atoms with Gasteiger partial charge in [-0.15, -0.1) is 0 Å². The van der Waals surface area contributed by atoms with E-state index in [4.69, 9.17) is 16.3 Å². The zero-order valence-corrected chi connectivity index (χ0v) is 12.9. The van der Waals surface area contributed by atoms with Crippen molar-refractivity contribution in [1.82, 2.24) is 5.32 Å². The van der Waals surface area contributed by atoms with Gasteiger partial charge in [0.1, 0.15) is 5.82 Å². The van der Waals surface area contributed by atoms with E-state index in [0.717, 1.165) is 12.8 Å². The van der Waals surface area contributed by atoms with Crippen molar-refractivity contribution in [3.8, 4) is 0 Å². The molecule has 19 heavy (non-hydrogen) atoms. The van der Waals surface area contributed by atoms with Crippen LogP contribution in [0.25, 0.3) is 0 Å². The van der Waals surface area contributed by atoms with Crippen LogP contribution in [0.3, 0.4) is 0 Å². The molecule has 0 radical (unpaired) electrons. The molecule has 0 aliphatic rings. The van der Waals surface area contributed by atoms with Crippen molar-refractivity contribution < 1.29 is 9.13 Å². The Morgan fingerprint density at radius 1 is 1.37 bits per heavy atom. The SMILES string of the molecule is CCC(CC)(OC)C(Cc1c(F)cccc1Cl)NC. The summed E-state index contributed by atoms with van der Waals surface area (Å²) in [6.07, 6.45) is 2.23. The minimum atomic E-state index is -0.305. The van der Waals surface area contributed by atoms with Gasteiger partial charge in [0.25, 0.3) is 0 Å². The average molecular weight is 288 g/mol. The van der Waals surface area contributed by atoms with Crippen LogP contribution in [-0.2, 0) is 11.2 Å². The minimum absolute atomic E-state index is 0.0156. The molecule has 0 amide bonds. The topological polar surface area (TPSA) is 21.3 Å². The fourth-order valence-electron chi connectivity index (χ4n) is 2.66. The summed E-state index contributed by atoms with van der Waals surface area (Å²) < 4.78 is 19.6. The van der Waals surface area contributed by atoms with Crippen LogP contribution in [0, 0.1) is 5.82 Å². The maximum atomic E-state index is 13.9. The van der Waals surface area contributed by atoms with Gasteiger partial charge in [-0.2, -0.15) is 0 Å². The molecule has 2 nitrogen and oxygen atoms in total. The van der Waals surface area contributed by atoms with Gasteiger partial charge >= 0.3 is 0 Å². The zero-order chi connectivity index (χ0) is 14.5. The largest absolute Gasteiger partial charge is 0.377 e. The van der Waals surface area contributed by atoms with Gasteiger partial charge in [0, 0.05) is 23.7 Å². The van der Waals surface area contributed by atoms with Gasteiger partial charge < -0.3 is 10.1 Å². The van der Waals surface area contributed by atoms with Gasteiger partial charge in [0.05, 0.1) is 5.60 Å². The molecule has 1 aromatic carbocycles. The highest BCUT2D eigenvalue weighted by atomic mass is 35.5. The number of benzene rings is 1. The van der Waals surface area contributed by atoms with Crippen LogP contribution < -0.4 is 5.32 Å². The Labute approximate surface area is 120 Å². The molecule has 4 heteroatoms. The maximum absolute atomic E-state index is 13.9. The predicted octanol–water partition coefficient (Wildman–Crippen LogP) is 3.81. The number of rotatable bonds is 7. The van der Waals surface area contributed by atoms with Gasteiger partial charge in [-0.05, 0) is 38.4 Å². The second-order valence-corrected chi connectivity index (χ2v) is 5.13. The van der Waals surface area contributed by atoms with E-state index < -0.39 is 0 Å². The van der Waals surface area contributed by atoms with E-state index in [0.29, 0.717) is 17.0 Å². The van der Waals surface area contributed by atoms with Gasteiger partial charge in [0.15, 0.2) is 0 Å². The van der Waals surface area contributed by atoms with Crippen molar-refractivity contribution in [2.75, 3.05) is 14.2 Å². The van der Waals surface area contributed by atoms with Gasteiger partial charge in [0.2, 0.25) is 0 Å². The molecule has 1 aromatic rings. The quantitative estimate of drug-likeness (QED) is 0.823. The first-order valence-electron chi connectivity index (χ1n) is 6.69. The number of hydrogen-bond donors (Lipinski definition) is 1. The molecule has 0 fully saturated rings. The van der Waals surface area contributed by atoms with E-state index in [1.807, 2.05) is 7.05 Å². The highest BCUT2D eigenvalue weighted by Crippen LogP contribution is 2.29. The fourth-order valence-corrected chi connectivity index (χ4v) is 2.90. The van der Waals surface area contributed by atoms with E-state index in [1.165, 1.54) is 6.07 Å². The summed E-state index contributed by atoms with van der Waals surface area (Å²) in [5.41, 5.74) is 0.243. The Morgan fingerprint density at radius 3 is 2.42 bits per heavy atom. The lowest BCUT2D eigenvalue weighted by Gasteiger charge is -2.38. The summed E-state index contributed by atoms with van der Waals surface area (Å²) in [5, 5.41) is 3.72. The zero-order valence-electron chi connectivity index (χ0n) is 12.1. The van der Waals surface area contributed by atoms with E-state index in [2.05, 4.69) is 19.2 Å². The first kappa shape index (κ1) is 16.4. The number of nitrogens with one attached hydrogen (secondary N) is 1. The Hall–Kier alpha value is -0.640. The number of likely N-dealkylation sites (N-methyl/N-ethyl adjacent to an activating group) is 1. The van der Waals surface area contributed by atoms with Crippen LogP contribution in [0.4, 0.5) is 4.39 Å². The third kappa shape index (κ3) is 3.47. The van der Waals surface area contributed by atoms with E-state index >= 15 is 0 Å². The lowest BCUT2D eigenvalue weighted by atomic mass is 9.84. The second-order valence-electron chi connectivity index (χ2n) is 4.72. The van der Waals surface area contributed by atoms with E-state index in [-0.39, 0.29) is 17.5 Å². The van der Waals surface area contributed by atoms with E-state index in [9.17, 15) is 4.39 Å². The van der Waals surface area contributed by atoms with Gasteiger partial charge in [-0.1, -0.05) is 31.5 Å². The highest BCUT2D eigenvalue weighted by molar-refractivity contribution is 6.31. The predicted molar refractivity (Wildman–Crippen MR) is 78.3 cm³/mol. The van der Waals surface area contributed by atoms with Crippen molar-refractivity contribution in [3.05, 3.63) is 34.6 Å². The maximum Gasteiger partial charge on any atom is 0.127 e. The Kier molecular flexibility index (Phi) is 6.24. The molecule has 0 saturated heterocycles. The Balaban J connectivity index is 3.05. The molecule has 0 aliphatic heterocycles. The molecule has 1 rings (SSSR count). The third-order valence-corrected chi connectivity index (χ3v) is 4.41. The monoisotopic (exact) mass is 287 g/mol. The summed E-state index contributed by atoms with van der Waals surface area (Å²) in [4.78, 5) is 0. The number of methoxy groups -OCH3 is 1. The summed E-state index contributed by atoms with van der Waals surface area (Å²) >= 11 is 6.10. The lowest BCUT2D eigenvalue weighted by Crippen LogP contribution is -2.51. The van der Waals surface area contributed by atoms with Crippen LogP contribution in [0.5, 0.6) is 0 Å². The molecular formula is C15H23ClFNO. The molecule has 0 heterocycles. The van der Waals surface area contributed by atoms with Crippen LogP contribution in [-0.4, -0.2) is 25.8 Å². The van der Waals surface area contributed by atoms with Gasteiger partial charge in [-0.25, -0.2) is 4.39 Å². The van der Waals surface area contributed by atoms with Gasteiger partial charge in [-0.3, -0.25) is 0 Å². The molecule has 0 spiro atoms. The summed E-state index contributed by atoms with van der Waals surface area (Å²) in [6.45, 7) is 4.17. The molecular weight excluding hydrogens is 265 g/mol. The standard InChI is InChI=1S/C15H23ClFNO/c1-5-15(6-2,19-4)14(18-3)10-11-12(16)8-7-9-13(11)17/h7-9,14,18H,5-6,10H2,1-4H3. The highest BCUT2D eigenvalue weighted by Gasteiger charge is 2.35. The van der Waals surface area contributed by atoms with Crippen LogP contribution in [0.15, 0.2) is 18.2 Å². The van der Waals surface area contributed by atoms with Crippen molar-refractivity contribution in [2.24, 2.45) is 0 Å². The Morgan fingerprint density at radius 2 is 2.00 bits per heavy atom. The summed E-state index contributed by atoms with van der Waals surface area (Å²) in [7, 11) is 3.58. The van der Waals surface area contributed by atoms with Crippen molar-refractivity contribution in [3.63, 3.8) is 0 Å². The molecule has 1 N–H and O–H groups in total. The van der Waals surface area contributed by atoms with Crippen LogP contribution >= 0.6 is 11.6 Å². The molecule has 1 unspecified atom stereocenters. The molecule has 0 aromatic heterocycles. The molecule has 1 atom stereocenters. The number of ether oxygens (including phenoxy) is 1. The van der Waals surface area contributed by atoms with Crippen molar-refractivity contribution in [1.29, 1.82) is 0 Å². The summed E-state index contributed by atoms with van der Waals surface area (Å²) in [5.74, 6) is -0.259. The number of halogens is 2.